The molecule has 1 saturated carbocycles. The van der Waals surface area contributed by atoms with Gasteiger partial charge in [0, 0.05) is 10.9 Å². The predicted octanol–water partition coefficient (Wildman–Crippen LogP) is 2.71. The second kappa shape index (κ2) is 5.41. The summed E-state index contributed by atoms with van der Waals surface area (Å²) in [5.74, 6) is 0.621. The lowest BCUT2D eigenvalue weighted by Crippen LogP contribution is -2.37. The quantitative estimate of drug-likeness (QED) is 0.854. The highest BCUT2D eigenvalue weighted by atomic mass is 32.1. The maximum Gasteiger partial charge on any atom is 0.323 e. The SMILES string of the molecule is O=C(OCc1cccs1)C1CC2CCCCC2N1. The standard InChI is InChI=1S/C14H19NO2S/c16-14(17-9-11-5-3-7-18-11)13-8-10-4-1-2-6-12(10)15-13/h3,5,7,10,12-13,15H,1-2,4,6,8-9H2. The molecule has 0 radical (unpaired) electrons. The average molecular weight is 265 g/mol. The number of hydrogen-bond acceptors (Lipinski definition) is 4. The molecule has 1 aromatic heterocycles. The third-order valence-electron chi connectivity index (χ3n) is 4.08. The van der Waals surface area contributed by atoms with Crippen LogP contribution < -0.4 is 5.32 Å². The largest absolute Gasteiger partial charge is 0.459 e. The molecule has 2 aliphatic rings. The van der Waals surface area contributed by atoms with Crippen molar-refractivity contribution in [3.63, 3.8) is 0 Å². The van der Waals surface area contributed by atoms with Gasteiger partial charge in [-0.15, -0.1) is 11.3 Å². The summed E-state index contributed by atoms with van der Waals surface area (Å²) in [5, 5.41) is 5.46. The highest BCUT2D eigenvalue weighted by Gasteiger charge is 2.38. The average Bonchev–Trinajstić information content (AvgIpc) is 3.04. The van der Waals surface area contributed by atoms with E-state index in [1.807, 2.05) is 17.5 Å². The Bertz CT molecular complexity index is 390. The van der Waals surface area contributed by atoms with Crippen LogP contribution in [0.1, 0.15) is 37.0 Å². The lowest BCUT2D eigenvalue weighted by molar-refractivity contribution is -0.147. The summed E-state index contributed by atoms with van der Waals surface area (Å²) in [6.45, 7) is 0.421. The molecule has 2 heterocycles. The second-order valence-corrected chi connectivity index (χ2v) is 6.33. The molecule has 0 aromatic carbocycles. The van der Waals surface area contributed by atoms with Gasteiger partial charge in [0.15, 0.2) is 0 Å². The van der Waals surface area contributed by atoms with E-state index in [4.69, 9.17) is 4.74 Å². The van der Waals surface area contributed by atoms with Crippen molar-refractivity contribution >= 4 is 17.3 Å². The molecule has 3 unspecified atom stereocenters. The molecule has 1 aromatic rings. The number of fused-ring (bicyclic) bond motifs is 1. The van der Waals surface area contributed by atoms with Crippen molar-refractivity contribution in [2.24, 2.45) is 5.92 Å². The minimum Gasteiger partial charge on any atom is -0.459 e. The molecule has 0 amide bonds. The molecule has 1 N–H and O–H groups in total. The van der Waals surface area contributed by atoms with E-state index in [2.05, 4.69) is 5.32 Å². The topological polar surface area (TPSA) is 38.3 Å². The van der Waals surface area contributed by atoms with Crippen molar-refractivity contribution in [2.75, 3.05) is 0 Å². The first-order valence-electron chi connectivity index (χ1n) is 6.78. The Morgan fingerprint density at radius 3 is 3.11 bits per heavy atom. The number of thiophene rings is 1. The van der Waals surface area contributed by atoms with Gasteiger partial charge in [-0.1, -0.05) is 18.9 Å². The number of nitrogens with one attached hydrogen (secondary N) is 1. The molecule has 1 aliphatic carbocycles. The molecule has 0 bridgehead atoms. The van der Waals surface area contributed by atoms with Gasteiger partial charge >= 0.3 is 5.97 Å². The summed E-state index contributed by atoms with van der Waals surface area (Å²) in [5.41, 5.74) is 0. The lowest BCUT2D eigenvalue weighted by atomic mass is 9.85. The van der Waals surface area contributed by atoms with E-state index in [0.29, 0.717) is 18.6 Å². The van der Waals surface area contributed by atoms with Crippen LogP contribution in [0.15, 0.2) is 17.5 Å². The van der Waals surface area contributed by atoms with Crippen LogP contribution in [0.25, 0.3) is 0 Å². The van der Waals surface area contributed by atoms with Gasteiger partial charge in [-0.05, 0) is 36.6 Å². The van der Waals surface area contributed by atoms with Crippen LogP contribution in [0.5, 0.6) is 0 Å². The number of carbonyl (C=O) groups excluding carboxylic acids is 1. The molecule has 3 nitrogen and oxygen atoms in total. The number of carbonyl (C=O) groups is 1. The van der Waals surface area contributed by atoms with Crippen LogP contribution in [0, 0.1) is 5.92 Å². The summed E-state index contributed by atoms with van der Waals surface area (Å²) in [6.07, 6.45) is 6.07. The van der Waals surface area contributed by atoms with Gasteiger partial charge in [-0.2, -0.15) is 0 Å². The van der Waals surface area contributed by atoms with Crippen molar-refractivity contribution < 1.29 is 9.53 Å². The molecule has 3 atom stereocenters. The van der Waals surface area contributed by atoms with Crippen LogP contribution in [-0.4, -0.2) is 18.1 Å². The van der Waals surface area contributed by atoms with E-state index in [1.54, 1.807) is 11.3 Å². The number of ether oxygens (including phenoxy) is 1. The number of hydrogen-bond donors (Lipinski definition) is 1. The lowest BCUT2D eigenvalue weighted by Gasteiger charge is -2.24. The Labute approximate surface area is 112 Å². The van der Waals surface area contributed by atoms with Crippen molar-refractivity contribution in [2.45, 2.75) is 50.8 Å². The fourth-order valence-corrected chi connectivity index (χ4v) is 3.76. The van der Waals surface area contributed by atoms with E-state index in [-0.39, 0.29) is 12.0 Å². The van der Waals surface area contributed by atoms with Crippen molar-refractivity contribution in [3.05, 3.63) is 22.4 Å². The fraction of sp³-hybridized carbons (Fsp3) is 0.643. The molecule has 0 spiro atoms. The summed E-state index contributed by atoms with van der Waals surface area (Å²) in [7, 11) is 0. The molecular weight excluding hydrogens is 246 g/mol. The van der Waals surface area contributed by atoms with Gasteiger partial charge in [0.25, 0.3) is 0 Å². The zero-order valence-electron chi connectivity index (χ0n) is 10.4. The van der Waals surface area contributed by atoms with E-state index in [9.17, 15) is 4.79 Å². The van der Waals surface area contributed by atoms with E-state index in [1.165, 1.54) is 25.7 Å². The summed E-state index contributed by atoms with van der Waals surface area (Å²) < 4.78 is 5.39. The Balaban J connectivity index is 1.51. The molecule has 18 heavy (non-hydrogen) atoms. The Morgan fingerprint density at radius 1 is 1.44 bits per heavy atom. The molecule has 98 valence electrons. The smallest absolute Gasteiger partial charge is 0.323 e. The third-order valence-corrected chi connectivity index (χ3v) is 4.93. The van der Waals surface area contributed by atoms with Gasteiger partial charge < -0.3 is 10.1 Å². The zero-order chi connectivity index (χ0) is 12.4. The van der Waals surface area contributed by atoms with Crippen molar-refractivity contribution in [1.29, 1.82) is 0 Å². The first-order chi connectivity index (χ1) is 8.83. The van der Waals surface area contributed by atoms with Crippen LogP contribution in [0.3, 0.4) is 0 Å². The van der Waals surface area contributed by atoms with Gasteiger partial charge in [0.2, 0.25) is 0 Å². The highest BCUT2D eigenvalue weighted by Crippen LogP contribution is 2.33. The maximum atomic E-state index is 12.0. The Kier molecular flexibility index (Phi) is 3.66. The number of rotatable bonds is 3. The monoisotopic (exact) mass is 265 g/mol. The molecule has 3 rings (SSSR count). The minimum absolute atomic E-state index is 0.0712. The van der Waals surface area contributed by atoms with Crippen LogP contribution in [-0.2, 0) is 16.1 Å². The van der Waals surface area contributed by atoms with E-state index < -0.39 is 0 Å². The molecule has 1 saturated heterocycles. The minimum atomic E-state index is -0.0715. The molecule has 2 fully saturated rings. The number of esters is 1. The van der Waals surface area contributed by atoms with Crippen LogP contribution >= 0.6 is 11.3 Å². The molecular formula is C14H19NO2S. The van der Waals surface area contributed by atoms with Gasteiger partial charge in [0.05, 0.1) is 0 Å². The third kappa shape index (κ3) is 2.59. The fourth-order valence-electron chi connectivity index (χ4n) is 3.14. The molecule has 4 heteroatoms. The summed E-state index contributed by atoms with van der Waals surface area (Å²) in [6, 6.07) is 4.46. The van der Waals surface area contributed by atoms with Crippen molar-refractivity contribution in [3.8, 4) is 0 Å². The Hall–Kier alpha value is -0.870. The van der Waals surface area contributed by atoms with Crippen LogP contribution in [0.2, 0.25) is 0 Å². The van der Waals surface area contributed by atoms with Crippen molar-refractivity contribution in [1.82, 2.24) is 5.32 Å². The molecule has 1 aliphatic heterocycles. The van der Waals surface area contributed by atoms with Gasteiger partial charge in [-0.3, -0.25) is 4.79 Å². The predicted molar refractivity (Wildman–Crippen MR) is 71.4 cm³/mol. The summed E-state index contributed by atoms with van der Waals surface area (Å²) >= 11 is 1.63. The summed E-state index contributed by atoms with van der Waals surface area (Å²) in [4.78, 5) is 13.1. The normalized spacial score (nSPS) is 31.0. The first kappa shape index (κ1) is 12.2. The van der Waals surface area contributed by atoms with Crippen LogP contribution in [0.4, 0.5) is 0 Å². The van der Waals surface area contributed by atoms with E-state index in [0.717, 1.165) is 11.3 Å². The zero-order valence-corrected chi connectivity index (χ0v) is 11.2. The second-order valence-electron chi connectivity index (χ2n) is 5.29. The first-order valence-corrected chi connectivity index (χ1v) is 7.66. The van der Waals surface area contributed by atoms with E-state index >= 15 is 0 Å². The highest BCUT2D eigenvalue weighted by molar-refractivity contribution is 7.09. The van der Waals surface area contributed by atoms with Gasteiger partial charge in [0.1, 0.15) is 12.6 Å². The Morgan fingerprint density at radius 2 is 2.33 bits per heavy atom. The van der Waals surface area contributed by atoms with Gasteiger partial charge in [-0.25, -0.2) is 0 Å². The maximum absolute atomic E-state index is 12.0.